The predicted molar refractivity (Wildman–Crippen MR) is 131 cm³/mol. The van der Waals surface area contributed by atoms with Gasteiger partial charge in [-0.05, 0) is 50.1 Å². The number of aryl methyl sites for hydroxylation is 1. The number of ether oxygens (including phenoxy) is 3. The van der Waals surface area contributed by atoms with E-state index in [9.17, 15) is 4.39 Å². The van der Waals surface area contributed by atoms with Gasteiger partial charge in [-0.15, -0.1) is 0 Å². The second-order valence-corrected chi connectivity index (χ2v) is 7.97. The summed E-state index contributed by atoms with van der Waals surface area (Å²) in [5, 5.41) is 0. The molecule has 0 spiro atoms. The molecule has 0 bridgehead atoms. The van der Waals surface area contributed by atoms with E-state index in [-0.39, 0.29) is 30.7 Å². The smallest absolute Gasteiger partial charge is 0.147 e. The third-order valence-corrected chi connectivity index (χ3v) is 5.09. The van der Waals surface area contributed by atoms with E-state index in [0.29, 0.717) is 31.0 Å². The van der Waals surface area contributed by atoms with Crippen molar-refractivity contribution >= 4 is 6.08 Å². The molecule has 2 aromatic rings. The Labute approximate surface area is 197 Å². The molecule has 0 amide bonds. The van der Waals surface area contributed by atoms with Crippen LogP contribution in [0.25, 0.3) is 17.3 Å². The highest BCUT2D eigenvalue weighted by molar-refractivity contribution is 5.73. The van der Waals surface area contributed by atoms with Gasteiger partial charge in [0.2, 0.25) is 0 Å². The molecule has 1 aromatic carbocycles. The molecule has 5 nitrogen and oxygen atoms in total. The zero-order valence-corrected chi connectivity index (χ0v) is 20.7. The number of hydrogen-bond acceptors (Lipinski definition) is 5. The Hall–Kier alpha value is -2.57. The van der Waals surface area contributed by atoms with Crippen molar-refractivity contribution in [1.82, 2.24) is 9.97 Å². The molecule has 2 unspecified atom stereocenters. The van der Waals surface area contributed by atoms with Crippen LogP contribution < -0.4 is 0 Å². The third-order valence-electron chi connectivity index (χ3n) is 5.09. The Morgan fingerprint density at radius 3 is 2.55 bits per heavy atom. The highest BCUT2D eigenvalue weighted by Crippen LogP contribution is 2.31. The van der Waals surface area contributed by atoms with E-state index < -0.39 is 0 Å². The van der Waals surface area contributed by atoms with Gasteiger partial charge in [0.25, 0.3) is 0 Å². The lowest BCUT2D eigenvalue weighted by molar-refractivity contribution is -0.110. The fourth-order valence-corrected chi connectivity index (χ4v) is 3.62. The van der Waals surface area contributed by atoms with Crippen molar-refractivity contribution < 1.29 is 18.6 Å². The number of halogens is 1. The van der Waals surface area contributed by atoms with Gasteiger partial charge in [0.15, 0.2) is 0 Å². The topological polar surface area (TPSA) is 53.5 Å². The Morgan fingerprint density at radius 2 is 1.91 bits per heavy atom. The van der Waals surface area contributed by atoms with Crippen LogP contribution in [0.1, 0.15) is 70.5 Å². The Balaban J connectivity index is 0.00000187. The zero-order chi connectivity index (χ0) is 24.4. The third kappa shape index (κ3) is 7.76. The molecule has 6 heteroatoms. The fourth-order valence-electron chi connectivity index (χ4n) is 3.62. The summed E-state index contributed by atoms with van der Waals surface area (Å²) in [6.07, 6.45) is 5.21. The number of nitrogens with zero attached hydrogens (tertiary/aromatic N) is 2. The van der Waals surface area contributed by atoms with Gasteiger partial charge in [0.1, 0.15) is 24.5 Å². The second kappa shape index (κ2) is 13.2. The SMILES string of the molecule is C=C1CC(OCOCC)CC(/C=C/c2c(-c3ccc(F)cc3)nc(C)nc2C(C)C)O1.CC. The van der Waals surface area contributed by atoms with Gasteiger partial charge in [0, 0.05) is 30.6 Å². The molecule has 1 aliphatic heterocycles. The van der Waals surface area contributed by atoms with Gasteiger partial charge in [-0.3, -0.25) is 0 Å². The van der Waals surface area contributed by atoms with Crippen LogP contribution in [0.2, 0.25) is 0 Å². The summed E-state index contributed by atoms with van der Waals surface area (Å²) < 4.78 is 30.5. The van der Waals surface area contributed by atoms with Gasteiger partial charge in [-0.2, -0.15) is 0 Å². The van der Waals surface area contributed by atoms with Crippen LogP contribution in [0.15, 0.2) is 42.7 Å². The van der Waals surface area contributed by atoms with E-state index in [4.69, 9.17) is 14.2 Å². The molecule has 1 aliphatic rings. The molecular formula is C27H37FN2O3. The highest BCUT2D eigenvalue weighted by Gasteiger charge is 2.25. The van der Waals surface area contributed by atoms with Crippen molar-refractivity contribution in [3.63, 3.8) is 0 Å². The second-order valence-electron chi connectivity index (χ2n) is 7.97. The van der Waals surface area contributed by atoms with E-state index >= 15 is 0 Å². The summed E-state index contributed by atoms with van der Waals surface area (Å²) in [6, 6.07) is 6.39. The molecule has 3 rings (SSSR count). The first kappa shape index (κ1) is 26.7. The standard InChI is InChI=1S/C25H31FN2O3.C2H6/c1-6-29-15-30-22-13-17(4)31-21(14-22)11-12-23-24(16(2)3)27-18(5)28-25(23)19-7-9-20(26)10-8-19;1-2/h7-12,16,21-22H,4,6,13-15H2,1-3,5H3;1-2H3/b12-11+;. The highest BCUT2D eigenvalue weighted by atomic mass is 19.1. The zero-order valence-electron chi connectivity index (χ0n) is 20.7. The van der Waals surface area contributed by atoms with Crippen LogP contribution in [-0.2, 0) is 14.2 Å². The minimum atomic E-state index is -0.275. The summed E-state index contributed by atoms with van der Waals surface area (Å²) in [4.78, 5) is 9.36. The number of rotatable bonds is 8. The number of hydrogen-bond donors (Lipinski definition) is 0. The van der Waals surface area contributed by atoms with Crippen molar-refractivity contribution in [1.29, 1.82) is 0 Å². The predicted octanol–water partition coefficient (Wildman–Crippen LogP) is 6.83. The maximum absolute atomic E-state index is 13.5. The monoisotopic (exact) mass is 456 g/mol. The van der Waals surface area contributed by atoms with Crippen LogP contribution in [0.4, 0.5) is 4.39 Å². The molecule has 0 saturated carbocycles. The van der Waals surface area contributed by atoms with Gasteiger partial charge in [0.05, 0.1) is 23.3 Å². The van der Waals surface area contributed by atoms with Gasteiger partial charge >= 0.3 is 0 Å². The lowest BCUT2D eigenvalue weighted by Crippen LogP contribution is -2.29. The Kier molecular flexibility index (Phi) is 10.7. The Morgan fingerprint density at radius 1 is 1.21 bits per heavy atom. The summed E-state index contributed by atoms with van der Waals surface area (Å²) >= 11 is 0. The molecule has 0 N–H and O–H groups in total. The van der Waals surface area contributed by atoms with Crippen LogP contribution in [-0.4, -0.2) is 35.6 Å². The van der Waals surface area contributed by atoms with Crippen molar-refractivity contribution in [2.24, 2.45) is 0 Å². The molecule has 2 heterocycles. The van der Waals surface area contributed by atoms with E-state index in [1.807, 2.05) is 39.8 Å². The number of benzene rings is 1. The van der Waals surface area contributed by atoms with Crippen molar-refractivity contribution in [3.05, 3.63) is 65.6 Å². The average Bonchev–Trinajstić information content (AvgIpc) is 2.79. The normalized spacial score (nSPS) is 18.2. The largest absolute Gasteiger partial charge is 0.491 e. The van der Waals surface area contributed by atoms with Crippen LogP contribution >= 0.6 is 0 Å². The molecule has 1 aromatic heterocycles. The fraction of sp³-hybridized carbons (Fsp3) is 0.481. The summed E-state index contributed by atoms with van der Waals surface area (Å²) in [5.41, 5.74) is 3.49. The first-order valence-electron chi connectivity index (χ1n) is 11.7. The number of aromatic nitrogens is 2. The molecule has 33 heavy (non-hydrogen) atoms. The van der Waals surface area contributed by atoms with Crippen molar-refractivity contribution in [3.8, 4) is 11.3 Å². The van der Waals surface area contributed by atoms with E-state index in [2.05, 4.69) is 30.4 Å². The minimum absolute atomic E-state index is 0.00199. The lowest BCUT2D eigenvalue weighted by Gasteiger charge is -2.30. The van der Waals surface area contributed by atoms with Gasteiger partial charge < -0.3 is 14.2 Å². The molecule has 2 atom stereocenters. The Bertz CT molecular complexity index is 926. The van der Waals surface area contributed by atoms with Crippen LogP contribution in [0, 0.1) is 12.7 Å². The van der Waals surface area contributed by atoms with Crippen LogP contribution in [0.5, 0.6) is 0 Å². The van der Waals surface area contributed by atoms with Crippen molar-refractivity contribution in [2.45, 2.75) is 72.5 Å². The maximum Gasteiger partial charge on any atom is 0.147 e. The molecule has 1 saturated heterocycles. The lowest BCUT2D eigenvalue weighted by atomic mass is 9.96. The average molecular weight is 457 g/mol. The van der Waals surface area contributed by atoms with E-state index in [1.165, 1.54) is 12.1 Å². The quantitative estimate of drug-likeness (QED) is 0.322. The summed E-state index contributed by atoms with van der Waals surface area (Å²) in [6.45, 7) is 16.9. The molecular weight excluding hydrogens is 419 g/mol. The molecule has 180 valence electrons. The van der Waals surface area contributed by atoms with Gasteiger partial charge in [-0.25, -0.2) is 14.4 Å². The first-order valence-corrected chi connectivity index (χ1v) is 11.7. The molecule has 0 radical (unpaired) electrons. The summed E-state index contributed by atoms with van der Waals surface area (Å²) in [7, 11) is 0. The minimum Gasteiger partial charge on any atom is -0.491 e. The van der Waals surface area contributed by atoms with Crippen molar-refractivity contribution in [2.75, 3.05) is 13.4 Å². The molecule has 0 aliphatic carbocycles. The first-order chi connectivity index (χ1) is 15.9. The van der Waals surface area contributed by atoms with E-state index in [1.54, 1.807) is 12.1 Å². The maximum atomic E-state index is 13.5. The molecule has 1 fully saturated rings. The van der Waals surface area contributed by atoms with E-state index in [0.717, 1.165) is 22.5 Å². The van der Waals surface area contributed by atoms with Crippen LogP contribution in [0.3, 0.4) is 0 Å². The van der Waals surface area contributed by atoms with Gasteiger partial charge in [-0.1, -0.05) is 40.3 Å². The summed E-state index contributed by atoms with van der Waals surface area (Å²) in [5.74, 6) is 1.31.